The highest BCUT2D eigenvalue weighted by atomic mass is 16.5. The summed E-state index contributed by atoms with van der Waals surface area (Å²) >= 11 is 0. The van der Waals surface area contributed by atoms with Crippen molar-refractivity contribution in [3.05, 3.63) is 65.0 Å². The van der Waals surface area contributed by atoms with Crippen molar-refractivity contribution in [2.24, 2.45) is 5.41 Å². The Morgan fingerprint density at radius 3 is 2.33 bits per heavy atom. The number of ether oxygens (including phenoxy) is 1. The molecule has 0 radical (unpaired) electrons. The van der Waals surface area contributed by atoms with E-state index in [-0.39, 0.29) is 22.8 Å². The summed E-state index contributed by atoms with van der Waals surface area (Å²) in [5.74, 6) is 0.701. The Kier molecular flexibility index (Phi) is 12.2. The zero-order chi connectivity index (χ0) is 32.6. The zero-order valence-electron chi connectivity index (χ0n) is 28.0. The van der Waals surface area contributed by atoms with Crippen molar-refractivity contribution in [1.29, 1.82) is 0 Å². The number of phenols is 2. The van der Waals surface area contributed by atoms with Gasteiger partial charge < -0.3 is 20.1 Å². The Balaban J connectivity index is 1.51. The molecule has 0 bridgehead atoms. The lowest BCUT2D eigenvalue weighted by Gasteiger charge is -2.26. The maximum Gasteiger partial charge on any atom is 0.182 e. The average Bonchev–Trinajstić information content (AvgIpc) is 3.41. The predicted octanol–water partition coefficient (Wildman–Crippen LogP) is 6.82. The minimum absolute atomic E-state index is 0.0326. The average molecular weight is 620 g/mol. The lowest BCUT2D eigenvalue weighted by Crippen LogP contribution is -2.35. The first-order chi connectivity index (χ1) is 21.4. The topological polar surface area (TPSA) is 116 Å². The normalized spacial score (nSPS) is 15.0. The highest BCUT2D eigenvalue weighted by Gasteiger charge is 2.25. The van der Waals surface area contributed by atoms with Gasteiger partial charge in [-0.25, -0.2) is 0 Å². The van der Waals surface area contributed by atoms with E-state index in [1.807, 2.05) is 26.0 Å². The molecule has 9 heteroatoms. The van der Waals surface area contributed by atoms with Crippen molar-refractivity contribution in [1.82, 2.24) is 25.0 Å². The molecular formula is C36H53N5O4. The van der Waals surface area contributed by atoms with E-state index >= 15 is 0 Å². The fourth-order valence-corrected chi connectivity index (χ4v) is 6.15. The van der Waals surface area contributed by atoms with Crippen molar-refractivity contribution < 1.29 is 20.1 Å². The summed E-state index contributed by atoms with van der Waals surface area (Å²) in [5.41, 5.74) is 4.67. The van der Waals surface area contributed by atoms with Crippen LogP contribution in [-0.2, 0) is 11.3 Å². The van der Waals surface area contributed by atoms with E-state index in [4.69, 9.17) is 4.74 Å². The van der Waals surface area contributed by atoms with Crippen molar-refractivity contribution in [3.63, 3.8) is 0 Å². The largest absolute Gasteiger partial charge is 0.508 e. The maximum atomic E-state index is 11.3. The van der Waals surface area contributed by atoms with Gasteiger partial charge in [-0.3, -0.25) is 14.8 Å². The van der Waals surface area contributed by atoms with Crippen LogP contribution in [0.25, 0.3) is 17.1 Å². The third kappa shape index (κ3) is 9.63. The summed E-state index contributed by atoms with van der Waals surface area (Å²) in [5, 5.41) is 44.7. The number of nitrogens with zero attached hydrogens (tertiary/aromatic N) is 4. The van der Waals surface area contributed by atoms with Gasteiger partial charge in [-0.15, -0.1) is 10.2 Å². The molecule has 1 fully saturated rings. The number of aliphatic hydroxyl groups is 1. The van der Waals surface area contributed by atoms with E-state index in [1.165, 1.54) is 23.6 Å². The van der Waals surface area contributed by atoms with Crippen LogP contribution in [-0.4, -0.2) is 67.8 Å². The van der Waals surface area contributed by atoms with E-state index in [1.54, 1.807) is 10.6 Å². The Labute approximate surface area is 269 Å². The van der Waals surface area contributed by atoms with Crippen LogP contribution in [0.3, 0.4) is 0 Å². The van der Waals surface area contributed by atoms with Crippen LogP contribution >= 0.6 is 0 Å². The van der Waals surface area contributed by atoms with E-state index in [0.29, 0.717) is 29.3 Å². The first-order valence-electron chi connectivity index (χ1n) is 16.4. The molecular weight excluding hydrogens is 566 g/mol. The van der Waals surface area contributed by atoms with Crippen molar-refractivity contribution in [2.45, 2.75) is 92.3 Å². The van der Waals surface area contributed by atoms with E-state index in [2.05, 4.69) is 66.3 Å². The Bertz CT molecular complexity index is 1400. The van der Waals surface area contributed by atoms with Gasteiger partial charge in [0.25, 0.3) is 0 Å². The fourth-order valence-electron chi connectivity index (χ4n) is 6.15. The number of phenolic OH excluding ortho intramolecular Hbond substituents is 2. The molecule has 1 aromatic heterocycles. The Morgan fingerprint density at radius 1 is 0.978 bits per heavy atom. The molecule has 9 nitrogen and oxygen atoms in total. The molecule has 4 rings (SSSR count). The van der Waals surface area contributed by atoms with Gasteiger partial charge in [-0.1, -0.05) is 70.7 Å². The molecule has 0 spiro atoms. The number of rotatable bonds is 15. The molecule has 4 N–H and O–H groups in total. The standard InChI is InChI=1S/C36H53N5O4/c1-25(2)23-36(5,6)15-9-7-8-10-16-37-35(44)34-39-38-33(30-21-29(26(3)4)31(42)22-32(30)43)41(34)28-13-11-27(12-14-28)24-40-17-19-45-20-18-40/h11-14,21-23,26,35,37,42-44H,7-10,15-20,24H2,1-6H3. The smallest absolute Gasteiger partial charge is 0.182 e. The number of nitrogens with one attached hydrogen (secondary N) is 1. The van der Waals surface area contributed by atoms with E-state index in [9.17, 15) is 15.3 Å². The van der Waals surface area contributed by atoms with Gasteiger partial charge in [0.2, 0.25) is 0 Å². The van der Waals surface area contributed by atoms with Crippen molar-refractivity contribution >= 4 is 0 Å². The SMILES string of the molecule is CC(C)=CC(C)(C)CCCCCCNC(O)c1nnc(-c2cc(C(C)C)c(O)cc2O)n1-c1ccc(CN2CCOCC2)cc1. The van der Waals surface area contributed by atoms with Crippen LogP contribution in [0, 0.1) is 5.41 Å². The molecule has 0 saturated carbocycles. The molecule has 1 aliphatic heterocycles. The van der Waals surface area contributed by atoms with Crippen LogP contribution in [0.4, 0.5) is 0 Å². The lowest BCUT2D eigenvalue weighted by molar-refractivity contribution is 0.0342. The molecule has 246 valence electrons. The molecule has 2 aromatic carbocycles. The minimum Gasteiger partial charge on any atom is -0.508 e. The third-order valence-corrected chi connectivity index (χ3v) is 8.41. The van der Waals surface area contributed by atoms with Gasteiger partial charge in [-0.2, -0.15) is 0 Å². The molecule has 45 heavy (non-hydrogen) atoms. The van der Waals surface area contributed by atoms with Gasteiger partial charge in [0, 0.05) is 31.4 Å². The summed E-state index contributed by atoms with van der Waals surface area (Å²) in [7, 11) is 0. The number of unbranched alkanes of at least 4 members (excludes halogenated alkanes) is 3. The number of aromatic nitrogens is 3. The molecule has 2 heterocycles. The van der Waals surface area contributed by atoms with Crippen LogP contribution in [0.5, 0.6) is 11.5 Å². The number of aliphatic hydroxyl groups excluding tert-OH is 1. The van der Waals surface area contributed by atoms with Gasteiger partial charge in [-0.05, 0) is 73.9 Å². The fraction of sp³-hybridized carbons (Fsp3) is 0.556. The maximum absolute atomic E-state index is 11.3. The first kappa shape index (κ1) is 34.6. The molecule has 0 aliphatic carbocycles. The number of hydrogen-bond acceptors (Lipinski definition) is 8. The summed E-state index contributed by atoms with van der Waals surface area (Å²) in [4.78, 5) is 2.37. The second-order valence-electron chi connectivity index (χ2n) is 13.6. The van der Waals surface area contributed by atoms with E-state index in [0.717, 1.165) is 64.2 Å². The molecule has 1 aliphatic rings. The first-order valence-corrected chi connectivity index (χ1v) is 16.4. The lowest BCUT2D eigenvalue weighted by atomic mass is 9.85. The summed E-state index contributed by atoms with van der Waals surface area (Å²) in [6.45, 7) is 17.6. The molecule has 1 atom stereocenters. The molecule has 1 saturated heterocycles. The summed E-state index contributed by atoms with van der Waals surface area (Å²) in [6, 6.07) is 11.3. The van der Waals surface area contributed by atoms with E-state index < -0.39 is 6.23 Å². The second-order valence-corrected chi connectivity index (χ2v) is 13.6. The molecule has 1 unspecified atom stereocenters. The number of benzene rings is 2. The zero-order valence-corrected chi connectivity index (χ0v) is 28.0. The second kappa shape index (κ2) is 15.9. The third-order valence-electron chi connectivity index (χ3n) is 8.41. The van der Waals surface area contributed by atoms with Crippen LogP contribution < -0.4 is 5.32 Å². The van der Waals surface area contributed by atoms with Crippen LogP contribution in [0.15, 0.2) is 48.0 Å². The van der Waals surface area contributed by atoms with Gasteiger partial charge in [0.15, 0.2) is 17.9 Å². The number of morpholine rings is 1. The van der Waals surface area contributed by atoms with Gasteiger partial charge in [0.1, 0.15) is 11.5 Å². The number of hydrogen-bond donors (Lipinski definition) is 4. The Morgan fingerprint density at radius 2 is 1.67 bits per heavy atom. The molecule has 0 amide bonds. The monoisotopic (exact) mass is 619 g/mol. The number of aromatic hydroxyl groups is 2. The van der Waals surface area contributed by atoms with Crippen LogP contribution in [0.2, 0.25) is 0 Å². The number of allylic oxidation sites excluding steroid dienone is 2. The van der Waals surface area contributed by atoms with Gasteiger partial charge in [0.05, 0.1) is 18.8 Å². The highest BCUT2D eigenvalue weighted by molar-refractivity contribution is 5.69. The minimum atomic E-state index is -1.06. The van der Waals surface area contributed by atoms with Crippen molar-refractivity contribution in [2.75, 3.05) is 32.8 Å². The Hall–Kier alpha value is -3.24. The quantitative estimate of drug-likeness (QED) is 0.0832. The van der Waals surface area contributed by atoms with Gasteiger partial charge >= 0.3 is 0 Å². The highest BCUT2D eigenvalue weighted by Crippen LogP contribution is 2.38. The van der Waals surface area contributed by atoms with Crippen molar-refractivity contribution in [3.8, 4) is 28.6 Å². The molecule has 3 aromatic rings. The van der Waals surface area contributed by atoms with Crippen LogP contribution in [0.1, 0.15) is 103 Å². The summed E-state index contributed by atoms with van der Waals surface area (Å²) in [6.07, 6.45) is 6.79. The predicted molar refractivity (Wildman–Crippen MR) is 180 cm³/mol. The summed E-state index contributed by atoms with van der Waals surface area (Å²) < 4.78 is 7.27.